The van der Waals surface area contributed by atoms with Crippen molar-refractivity contribution in [2.45, 2.75) is 31.2 Å². The van der Waals surface area contributed by atoms with Crippen LogP contribution in [0.1, 0.15) is 36.0 Å². The van der Waals surface area contributed by atoms with Gasteiger partial charge in [0.25, 0.3) is 5.91 Å². The zero-order chi connectivity index (χ0) is 13.2. The van der Waals surface area contributed by atoms with E-state index in [1.165, 1.54) is 0 Å². The lowest BCUT2D eigenvalue weighted by Gasteiger charge is -2.27. The topological polar surface area (TPSA) is 29.1 Å². The molecule has 1 aliphatic carbocycles. The van der Waals surface area contributed by atoms with Gasteiger partial charge < -0.3 is 5.32 Å². The van der Waals surface area contributed by atoms with E-state index in [1.54, 1.807) is 18.2 Å². The average Bonchev–Trinajstić information content (AvgIpc) is 2.82. The van der Waals surface area contributed by atoms with E-state index >= 15 is 0 Å². The van der Waals surface area contributed by atoms with E-state index in [9.17, 15) is 4.79 Å². The Balaban J connectivity index is 2.13. The zero-order valence-electron chi connectivity index (χ0n) is 9.81. The first-order valence-corrected chi connectivity index (χ1v) is 7.60. The summed E-state index contributed by atoms with van der Waals surface area (Å²) in [5, 5.41) is 3.60. The van der Waals surface area contributed by atoms with Gasteiger partial charge in [0.15, 0.2) is 0 Å². The van der Waals surface area contributed by atoms with E-state index in [0.29, 0.717) is 16.5 Å². The Morgan fingerprint density at radius 2 is 2.06 bits per heavy atom. The largest absolute Gasteiger partial charge is 0.345 e. The molecule has 1 saturated carbocycles. The van der Waals surface area contributed by atoms with Crippen LogP contribution in [0.15, 0.2) is 22.7 Å². The number of benzene rings is 1. The number of hydrogen-bond donors (Lipinski definition) is 1. The van der Waals surface area contributed by atoms with Crippen molar-refractivity contribution >= 4 is 45.0 Å². The summed E-state index contributed by atoms with van der Waals surface area (Å²) >= 11 is 15.3. The molecule has 0 atom stereocenters. The third-order valence-electron chi connectivity index (χ3n) is 3.38. The van der Waals surface area contributed by atoms with Crippen molar-refractivity contribution in [3.8, 4) is 0 Å². The summed E-state index contributed by atoms with van der Waals surface area (Å²) in [6, 6.07) is 5.19. The van der Waals surface area contributed by atoms with Gasteiger partial charge in [0.05, 0.1) is 10.6 Å². The normalized spacial score (nSPS) is 17.7. The van der Waals surface area contributed by atoms with Crippen molar-refractivity contribution in [2.75, 3.05) is 5.88 Å². The van der Waals surface area contributed by atoms with Gasteiger partial charge in [0.2, 0.25) is 0 Å². The molecule has 1 aromatic rings. The number of halogens is 3. The highest BCUT2D eigenvalue weighted by Gasteiger charge is 2.34. The molecular weight excluding hydrogens is 337 g/mol. The number of carbonyl (C=O) groups is 1. The number of rotatable bonds is 3. The van der Waals surface area contributed by atoms with Crippen LogP contribution in [0, 0.1) is 0 Å². The summed E-state index contributed by atoms with van der Waals surface area (Å²) in [5.41, 5.74) is 0.331. The van der Waals surface area contributed by atoms with Crippen molar-refractivity contribution in [2.24, 2.45) is 0 Å². The third-order valence-corrected chi connectivity index (χ3v) is 5.12. The molecule has 18 heavy (non-hydrogen) atoms. The monoisotopic (exact) mass is 349 g/mol. The van der Waals surface area contributed by atoms with Crippen molar-refractivity contribution in [3.05, 3.63) is 33.3 Å². The summed E-state index contributed by atoms with van der Waals surface area (Å²) in [4.78, 5) is 12.2. The average molecular weight is 351 g/mol. The molecule has 1 aromatic carbocycles. The predicted octanol–water partition coefficient (Wildman–Crippen LogP) is 4.38. The lowest BCUT2D eigenvalue weighted by Crippen LogP contribution is -2.47. The molecule has 0 aliphatic heterocycles. The van der Waals surface area contributed by atoms with Gasteiger partial charge in [-0.1, -0.05) is 24.4 Å². The second kappa shape index (κ2) is 5.81. The molecule has 1 fully saturated rings. The number of amides is 1. The lowest BCUT2D eigenvalue weighted by molar-refractivity contribution is 0.0909. The van der Waals surface area contributed by atoms with Crippen LogP contribution >= 0.6 is 39.1 Å². The Hall–Kier alpha value is -0.250. The fourth-order valence-electron chi connectivity index (χ4n) is 2.29. The minimum Gasteiger partial charge on any atom is -0.345 e. The van der Waals surface area contributed by atoms with Gasteiger partial charge in [-0.05, 0) is 47.0 Å². The van der Waals surface area contributed by atoms with Gasteiger partial charge in [-0.15, -0.1) is 11.6 Å². The van der Waals surface area contributed by atoms with Gasteiger partial charge in [-0.25, -0.2) is 0 Å². The van der Waals surface area contributed by atoms with Gasteiger partial charge in [-0.2, -0.15) is 0 Å². The molecule has 2 rings (SSSR count). The SMILES string of the molecule is O=C(NC1(CCl)CCCC1)c1ccc(Br)c(Cl)c1. The Bertz CT molecular complexity index is 458. The van der Waals surface area contributed by atoms with Crippen molar-refractivity contribution < 1.29 is 4.79 Å². The Kier molecular flexibility index (Phi) is 4.57. The van der Waals surface area contributed by atoms with Gasteiger partial charge in [-0.3, -0.25) is 4.79 Å². The minimum absolute atomic E-state index is 0.105. The second-order valence-electron chi connectivity index (χ2n) is 4.70. The van der Waals surface area contributed by atoms with Crippen LogP contribution in [0.2, 0.25) is 5.02 Å². The summed E-state index contributed by atoms with van der Waals surface area (Å²) < 4.78 is 0.786. The summed E-state index contributed by atoms with van der Waals surface area (Å²) in [6.07, 6.45) is 4.14. The summed E-state index contributed by atoms with van der Waals surface area (Å²) in [6.45, 7) is 0. The van der Waals surface area contributed by atoms with E-state index in [1.807, 2.05) is 0 Å². The van der Waals surface area contributed by atoms with Gasteiger partial charge in [0.1, 0.15) is 0 Å². The van der Waals surface area contributed by atoms with E-state index in [4.69, 9.17) is 23.2 Å². The predicted molar refractivity (Wildman–Crippen MR) is 78.5 cm³/mol. The maximum atomic E-state index is 12.2. The first-order chi connectivity index (χ1) is 8.56. The zero-order valence-corrected chi connectivity index (χ0v) is 12.9. The van der Waals surface area contributed by atoms with Crippen LogP contribution in [-0.2, 0) is 0 Å². The first-order valence-electron chi connectivity index (χ1n) is 5.90. The van der Waals surface area contributed by atoms with Crippen molar-refractivity contribution in [1.82, 2.24) is 5.32 Å². The van der Waals surface area contributed by atoms with Crippen LogP contribution in [0.4, 0.5) is 0 Å². The number of carbonyl (C=O) groups excluding carboxylic acids is 1. The summed E-state index contributed by atoms with van der Waals surface area (Å²) in [5.74, 6) is 0.357. The Morgan fingerprint density at radius 1 is 1.39 bits per heavy atom. The first kappa shape index (κ1) is 14.2. The molecule has 1 N–H and O–H groups in total. The molecule has 98 valence electrons. The highest BCUT2D eigenvalue weighted by Crippen LogP contribution is 2.31. The molecule has 0 aromatic heterocycles. The highest BCUT2D eigenvalue weighted by molar-refractivity contribution is 9.10. The minimum atomic E-state index is -0.238. The Labute approximate surface area is 125 Å². The van der Waals surface area contributed by atoms with Crippen LogP contribution in [0.5, 0.6) is 0 Å². The summed E-state index contributed by atoms with van der Waals surface area (Å²) in [7, 11) is 0. The molecular formula is C13H14BrCl2NO. The lowest BCUT2D eigenvalue weighted by atomic mass is 9.99. The number of hydrogen-bond acceptors (Lipinski definition) is 1. The second-order valence-corrected chi connectivity index (χ2v) is 6.23. The van der Waals surface area contributed by atoms with Crippen LogP contribution in [0.25, 0.3) is 0 Å². The molecule has 0 unspecified atom stereocenters. The molecule has 1 amide bonds. The smallest absolute Gasteiger partial charge is 0.251 e. The fraction of sp³-hybridized carbons (Fsp3) is 0.462. The van der Waals surface area contributed by atoms with Crippen LogP contribution < -0.4 is 5.32 Å². The molecule has 0 radical (unpaired) electrons. The van der Waals surface area contributed by atoms with Crippen molar-refractivity contribution in [1.29, 1.82) is 0 Å². The highest BCUT2D eigenvalue weighted by atomic mass is 79.9. The Morgan fingerprint density at radius 3 is 2.61 bits per heavy atom. The molecule has 1 aliphatic rings. The number of nitrogens with one attached hydrogen (secondary N) is 1. The maximum absolute atomic E-state index is 12.2. The molecule has 5 heteroatoms. The molecule has 0 bridgehead atoms. The van der Waals surface area contributed by atoms with E-state index < -0.39 is 0 Å². The van der Waals surface area contributed by atoms with E-state index in [-0.39, 0.29) is 11.4 Å². The molecule has 2 nitrogen and oxygen atoms in total. The van der Waals surface area contributed by atoms with Crippen LogP contribution in [0.3, 0.4) is 0 Å². The molecule has 0 heterocycles. The van der Waals surface area contributed by atoms with Crippen LogP contribution in [-0.4, -0.2) is 17.3 Å². The maximum Gasteiger partial charge on any atom is 0.251 e. The van der Waals surface area contributed by atoms with Gasteiger partial charge >= 0.3 is 0 Å². The van der Waals surface area contributed by atoms with E-state index in [0.717, 1.165) is 30.2 Å². The fourth-order valence-corrected chi connectivity index (χ4v) is 3.06. The quantitative estimate of drug-likeness (QED) is 0.805. The van der Waals surface area contributed by atoms with E-state index in [2.05, 4.69) is 21.2 Å². The van der Waals surface area contributed by atoms with Gasteiger partial charge in [0, 0.05) is 15.9 Å². The number of alkyl halides is 1. The standard InChI is InChI=1S/C13H14BrCl2NO/c14-10-4-3-9(7-11(10)16)12(18)17-13(8-15)5-1-2-6-13/h3-4,7H,1-2,5-6,8H2,(H,17,18). The molecule has 0 saturated heterocycles. The van der Waals surface area contributed by atoms with Crippen molar-refractivity contribution in [3.63, 3.8) is 0 Å². The third kappa shape index (κ3) is 3.01. The molecule has 0 spiro atoms.